The van der Waals surface area contributed by atoms with Gasteiger partial charge in [0, 0.05) is 85.2 Å². The Morgan fingerprint density at radius 2 is 1.78 bits per heavy atom. The Kier molecular flexibility index (Phi) is 13.4. The number of H-pyrrole nitrogens is 1. The van der Waals surface area contributed by atoms with Gasteiger partial charge in [0.15, 0.2) is 0 Å². The van der Waals surface area contributed by atoms with Gasteiger partial charge >= 0.3 is 0 Å². The van der Waals surface area contributed by atoms with Gasteiger partial charge in [0.2, 0.25) is 0 Å². The number of rotatable bonds is 14. The van der Waals surface area contributed by atoms with Crippen LogP contribution in [0, 0.1) is 33.1 Å². The van der Waals surface area contributed by atoms with Gasteiger partial charge in [0.25, 0.3) is 21.6 Å². The number of ether oxygens (including phenoxy) is 1. The van der Waals surface area contributed by atoms with Crippen molar-refractivity contribution in [1.82, 2.24) is 19.6 Å². The van der Waals surface area contributed by atoms with Gasteiger partial charge < -0.3 is 25.0 Å². The van der Waals surface area contributed by atoms with E-state index < -0.39 is 48.7 Å². The molecule has 4 N–H and O–H groups in total. The topological polar surface area (TPSA) is 183 Å². The first-order chi connectivity index (χ1) is 32.9. The highest BCUT2D eigenvalue weighted by atomic mass is 32.2. The van der Waals surface area contributed by atoms with E-state index in [9.17, 15) is 37.2 Å². The second kappa shape index (κ2) is 19.3. The molecule has 1 aliphatic heterocycles. The molecular formula is C51H55F2N7O7S2. The number of carbonyl (C=O) groups is 1. The SMILES string of the molecule is CC1(C)CCC(CN2CCN(c3ccc(C(=O)NS(=O)(=O)c4ccc(NCC5CCC(C)(O)CC5)c([N+](=O)[O-])c4)c(Oc4cnc5[nH]ccc5c4)c3)CC2)=C(c2cc(-c3ccc(F)cc3F)cs2)C1. The summed E-state index contributed by atoms with van der Waals surface area (Å²) in [6, 6.07) is 17.7. The maximum Gasteiger partial charge on any atom is 0.293 e. The smallest absolute Gasteiger partial charge is 0.293 e. The molecule has 0 atom stereocenters. The number of aromatic nitrogens is 2. The zero-order valence-electron chi connectivity index (χ0n) is 38.7. The molecular weight excluding hydrogens is 925 g/mol. The maximum absolute atomic E-state index is 14.8. The number of sulfonamides is 1. The molecule has 0 spiro atoms. The number of hydrogen-bond acceptors (Lipinski definition) is 12. The minimum Gasteiger partial charge on any atom is -0.455 e. The Balaban J connectivity index is 0.916. The number of nitro benzene ring substituents is 1. The van der Waals surface area contributed by atoms with Crippen LogP contribution >= 0.6 is 11.3 Å². The normalized spacial score (nSPS) is 20.0. The van der Waals surface area contributed by atoms with E-state index in [1.165, 1.54) is 47.7 Å². The Hall–Kier alpha value is -6.21. The second-order valence-corrected chi connectivity index (χ2v) is 22.2. The van der Waals surface area contributed by atoms with E-state index in [0.29, 0.717) is 49.4 Å². The van der Waals surface area contributed by atoms with Crippen molar-refractivity contribution in [2.45, 2.75) is 76.2 Å². The molecule has 6 aromatic rings. The van der Waals surface area contributed by atoms with E-state index in [1.807, 2.05) is 17.5 Å². The zero-order chi connectivity index (χ0) is 48.7. The van der Waals surface area contributed by atoms with Gasteiger partial charge in [-0.2, -0.15) is 0 Å². The predicted octanol–water partition coefficient (Wildman–Crippen LogP) is 10.5. The highest BCUT2D eigenvalue weighted by molar-refractivity contribution is 7.90. The van der Waals surface area contributed by atoms with Crippen LogP contribution in [0.4, 0.5) is 25.8 Å². The highest BCUT2D eigenvalue weighted by Gasteiger charge is 2.32. The standard InChI is InChI=1S/C51H55F2N7O7S2/c1-50(2)14-12-34(42(27-50)47-23-35(31-68-47)40-7-4-36(52)24-43(40)53)30-58-18-20-59(21-19-58)37-5-8-41(46(25-37)67-38-22-33-13-17-54-48(33)56-29-38)49(61)57-69(65,66)39-6-9-44(45(26-39)60(63)64)55-28-32-10-15-51(3,62)16-11-32/h4-9,13,17,22-26,29,31-32,55,62H,10-12,14-16,18-21,27-28,30H2,1-3H3,(H,54,56)(H,57,61). The first-order valence-corrected chi connectivity index (χ1v) is 25.5. The van der Waals surface area contributed by atoms with Crippen molar-refractivity contribution in [1.29, 1.82) is 0 Å². The average molecular weight is 980 g/mol. The molecule has 3 aromatic carbocycles. The lowest BCUT2D eigenvalue weighted by Crippen LogP contribution is -2.47. The van der Waals surface area contributed by atoms with Crippen LogP contribution in [0.15, 0.2) is 101 Å². The summed E-state index contributed by atoms with van der Waals surface area (Å²) in [5.74, 6) is -1.59. The van der Waals surface area contributed by atoms with Crippen LogP contribution in [0.2, 0.25) is 0 Å². The second-order valence-electron chi connectivity index (χ2n) is 19.6. The molecule has 14 nitrogen and oxygen atoms in total. The van der Waals surface area contributed by atoms with E-state index in [0.717, 1.165) is 85.4 Å². The summed E-state index contributed by atoms with van der Waals surface area (Å²) >= 11 is 1.59. The van der Waals surface area contributed by atoms with Crippen molar-refractivity contribution in [2.24, 2.45) is 11.3 Å². The molecule has 362 valence electrons. The number of carbonyl (C=O) groups excluding carboxylic acids is 1. The number of halogens is 2. The van der Waals surface area contributed by atoms with Crippen LogP contribution in [0.1, 0.15) is 81.0 Å². The monoisotopic (exact) mass is 979 g/mol. The number of hydrogen-bond donors (Lipinski definition) is 4. The van der Waals surface area contributed by atoms with Crippen molar-refractivity contribution in [3.8, 4) is 22.6 Å². The largest absolute Gasteiger partial charge is 0.455 e. The first kappa shape index (κ1) is 47.8. The molecule has 9 rings (SSSR count). The Morgan fingerprint density at radius 3 is 2.54 bits per heavy atom. The van der Waals surface area contributed by atoms with E-state index in [4.69, 9.17) is 4.74 Å². The third-order valence-corrected chi connectivity index (χ3v) is 16.1. The molecule has 2 aliphatic carbocycles. The van der Waals surface area contributed by atoms with Crippen molar-refractivity contribution in [2.75, 3.05) is 49.5 Å². The Bertz CT molecular complexity index is 3060. The van der Waals surface area contributed by atoms with Crippen LogP contribution in [0.3, 0.4) is 0 Å². The average Bonchev–Trinajstić information content (AvgIpc) is 4.00. The van der Waals surface area contributed by atoms with Crippen LogP contribution in [-0.2, 0) is 10.0 Å². The summed E-state index contributed by atoms with van der Waals surface area (Å²) in [7, 11) is -4.61. The van der Waals surface area contributed by atoms with Crippen LogP contribution in [0.25, 0.3) is 27.7 Å². The summed E-state index contributed by atoms with van der Waals surface area (Å²) in [6.45, 7) is 10.3. The number of aromatic amines is 1. The lowest BCUT2D eigenvalue weighted by Gasteiger charge is -2.39. The van der Waals surface area contributed by atoms with Gasteiger partial charge in [-0.05, 0) is 134 Å². The number of piperazine rings is 1. The van der Waals surface area contributed by atoms with Crippen LogP contribution in [0.5, 0.6) is 11.5 Å². The minimum atomic E-state index is -4.61. The summed E-state index contributed by atoms with van der Waals surface area (Å²) in [4.78, 5) is 38.2. The summed E-state index contributed by atoms with van der Waals surface area (Å²) in [5.41, 5.74) is 4.15. The number of benzene rings is 3. The molecule has 2 fully saturated rings. The van der Waals surface area contributed by atoms with E-state index in [1.54, 1.807) is 42.7 Å². The lowest BCUT2D eigenvalue weighted by atomic mass is 9.73. The van der Waals surface area contributed by atoms with Crippen molar-refractivity contribution >= 4 is 60.9 Å². The molecule has 18 heteroatoms. The van der Waals surface area contributed by atoms with Gasteiger partial charge in [-0.1, -0.05) is 19.4 Å². The van der Waals surface area contributed by atoms with Gasteiger partial charge in [-0.25, -0.2) is 26.9 Å². The molecule has 0 radical (unpaired) electrons. The number of nitrogens with zero attached hydrogens (tertiary/aromatic N) is 4. The summed E-state index contributed by atoms with van der Waals surface area (Å²) < 4.78 is 64.4. The molecule has 3 aromatic heterocycles. The zero-order valence-corrected chi connectivity index (χ0v) is 40.3. The number of aliphatic hydroxyl groups is 1. The molecule has 3 aliphatic rings. The fourth-order valence-electron chi connectivity index (χ4n) is 9.62. The molecule has 1 amide bonds. The summed E-state index contributed by atoms with van der Waals surface area (Å²) in [5, 5.41) is 28.3. The molecule has 1 saturated heterocycles. The van der Waals surface area contributed by atoms with Gasteiger partial charge in [0.05, 0.1) is 27.2 Å². The number of amides is 1. The van der Waals surface area contributed by atoms with E-state index in [-0.39, 0.29) is 28.3 Å². The van der Waals surface area contributed by atoms with Crippen molar-refractivity contribution < 1.29 is 36.8 Å². The van der Waals surface area contributed by atoms with Gasteiger partial charge in [-0.15, -0.1) is 11.3 Å². The van der Waals surface area contributed by atoms with Crippen LogP contribution < -0.4 is 19.7 Å². The molecule has 4 heterocycles. The lowest BCUT2D eigenvalue weighted by molar-refractivity contribution is -0.384. The van der Waals surface area contributed by atoms with Crippen LogP contribution in [-0.4, -0.2) is 84.1 Å². The first-order valence-electron chi connectivity index (χ1n) is 23.2. The molecule has 0 unspecified atom stereocenters. The molecule has 0 bridgehead atoms. The van der Waals surface area contributed by atoms with Gasteiger partial charge in [0.1, 0.15) is 34.5 Å². The van der Waals surface area contributed by atoms with Crippen molar-refractivity contribution in [3.63, 3.8) is 0 Å². The number of anilines is 2. The minimum absolute atomic E-state index is 0.0760. The number of nitrogens with one attached hydrogen (secondary N) is 3. The predicted molar refractivity (Wildman–Crippen MR) is 264 cm³/mol. The number of pyridine rings is 1. The molecule has 1 saturated carbocycles. The number of fused-ring (bicyclic) bond motifs is 1. The number of thiophene rings is 1. The van der Waals surface area contributed by atoms with E-state index in [2.05, 4.69) is 43.7 Å². The Morgan fingerprint density at radius 1 is 1.00 bits per heavy atom. The highest BCUT2D eigenvalue weighted by Crippen LogP contribution is 2.46. The number of allylic oxidation sites excluding steroid dienone is 1. The molecule has 69 heavy (non-hydrogen) atoms. The van der Waals surface area contributed by atoms with E-state index >= 15 is 0 Å². The third kappa shape index (κ3) is 11.0. The van der Waals surface area contributed by atoms with Gasteiger partial charge in [-0.3, -0.25) is 19.8 Å². The maximum atomic E-state index is 14.8. The summed E-state index contributed by atoms with van der Waals surface area (Å²) in [6.07, 6.45) is 8.86. The quantitative estimate of drug-likeness (QED) is 0.0602. The third-order valence-electron chi connectivity index (χ3n) is 13.8. The Labute approximate surface area is 403 Å². The fraction of sp³-hybridized carbons (Fsp3) is 0.373. The van der Waals surface area contributed by atoms with Crippen molar-refractivity contribution in [3.05, 3.63) is 128 Å². The fourth-order valence-corrected chi connectivity index (χ4v) is 11.6. The number of nitro groups is 1.